The van der Waals surface area contributed by atoms with Crippen LogP contribution in [-0.2, 0) is 11.3 Å². The number of carbonyl (C=O) groups is 1. The number of aromatic nitrogens is 5. The third kappa shape index (κ3) is 4.20. The predicted octanol–water partition coefficient (Wildman–Crippen LogP) is 4.55. The van der Waals surface area contributed by atoms with Crippen LogP contribution in [0.2, 0.25) is 0 Å². The number of H-pyrrole nitrogens is 1. The van der Waals surface area contributed by atoms with Crippen molar-refractivity contribution in [2.75, 3.05) is 5.32 Å². The van der Waals surface area contributed by atoms with Gasteiger partial charge in [0.1, 0.15) is 5.65 Å². The molecule has 4 aromatic rings. The highest BCUT2D eigenvalue weighted by molar-refractivity contribution is 5.79. The van der Waals surface area contributed by atoms with Crippen LogP contribution in [0.25, 0.3) is 16.9 Å². The molecule has 0 aliphatic heterocycles. The zero-order chi connectivity index (χ0) is 22.2. The third-order valence-electron chi connectivity index (χ3n) is 6.66. The monoisotopic (exact) mass is 441 g/mol. The third-order valence-corrected chi connectivity index (χ3v) is 6.66. The molecule has 0 atom stereocenters. The van der Waals surface area contributed by atoms with Crippen molar-refractivity contribution in [3.63, 3.8) is 0 Å². The highest BCUT2D eigenvalue weighted by Gasteiger charge is 2.26. The molecule has 168 valence electrons. The lowest BCUT2D eigenvalue weighted by molar-refractivity contribution is -0.124. The summed E-state index contributed by atoms with van der Waals surface area (Å²) in [6.45, 7) is 0.525. The molecular formula is C25H27N7O. The number of carbonyl (C=O) groups excluding carboxylic acids is 1. The minimum absolute atomic E-state index is 0.172. The molecule has 8 heteroatoms. The number of nitrogens with zero attached hydrogens (tertiary/aromatic N) is 4. The normalized spacial score (nSPS) is 16.4. The van der Waals surface area contributed by atoms with Crippen molar-refractivity contribution in [3.05, 3.63) is 60.0 Å². The highest BCUT2D eigenvalue weighted by Crippen LogP contribution is 2.39. The Morgan fingerprint density at radius 1 is 1.12 bits per heavy atom. The Bertz CT molecular complexity index is 1300. The lowest BCUT2D eigenvalue weighted by Crippen LogP contribution is -2.28. The van der Waals surface area contributed by atoms with E-state index >= 15 is 0 Å². The summed E-state index contributed by atoms with van der Waals surface area (Å²) in [4.78, 5) is 21.8. The predicted molar refractivity (Wildman–Crippen MR) is 126 cm³/mol. The number of benzene rings is 1. The molecule has 1 amide bonds. The molecule has 3 N–H and O–H groups in total. The number of imidazole rings is 1. The van der Waals surface area contributed by atoms with Gasteiger partial charge in [0, 0.05) is 54.2 Å². The van der Waals surface area contributed by atoms with Gasteiger partial charge in [-0.1, -0.05) is 31.0 Å². The van der Waals surface area contributed by atoms with Crippen LogP contribution >= 0.6 is 0 Å². The van der Waals surface area contributed by atoms with Gasteiger partial charge in [0.15, 0.2) is 5.82 Å². The Morgan fingerprint density at radius 2 is 2.00 bits per heavy atom. The minimum atomic E-state index is 0.172. The zero-order valence-corrected chi connectivity index (χ0v) is 18.4. The fraction of sp³-hybridized carbons (Fsp3) is 0.360. The summed E-state index contributed by atoms with van der Waals surface area (Å²) in [7, 11) is 0. The molecule has 0 radical (unpaired) electrons. The molecule has 0 bridgehead atoms. The lowest BCUT2D eigenvalue weighted by atomic mass is 10.1. The summed E-state index contributed by atoms with van der Waals surface area (Å²) in [6, 6.07) is 12.2. The fourth-order valence-corrected chi connectivity index (χ4v) is 4.64. The van der Waals surface area contributed by atoms with Gasteiger partial charge >= 0.3 is 0 Å². The van der Waals surface area contributed by atoms with E-state index in [1.807, 2.05) is 34.9 Å². The summed E-state index contributed by atoms with van der Waals surface area (Å²) in [6.07, 6.45) is 10.4. The molecule has 0 spiro atoms. The average molecular weight is 442 g/mol. The molecule has 8 nitrogen and oxygen atoms in total. The van der Waals surface area contributed by atoms with Gasteiger partial charge in [-0.15, -0.1) is 0 Å². The molecule has 0 unspecified atom stereocenters. The molecule has 33 heavy (non-hydrogen) atoms. The summed E-state index contributed by atoms with van der Waals surface area (Å²) in [5.74, 6) is 2.37. The smallest absolute Gasteiger partial charge is 0.223 e. The SMILES string of the molecule is O=C(NCc1cccc(-c2cc3nccn3c(Nc3cc(C4CC4)[nH]n3)n2)c1)C1CCCC1. The first-order valence-electron chi connectivity index (χ1n) is 11.8. The number of nitrogens with one attached hydrogen (secondary N) is 3. The topological polar surface area (TPSA) is 100 Å². The van der Waals surface area contributed by atoms with Crippen LogP contribution in [0.1, 0.15) is 55.7 Å². The second-order valence-corrected chi connectivity index (χ2v) is 9.13. The molecule has 1 aromatic carbocycles. The van der Waals surface area contributed by atoms with Crippen molar-refractivity contribution in [2.45, 2.75) is 51.0 Å². The van der Waals surface area contributed by atoms with Crippen molar-refractivity contribution >= 4 is 23.3 Å². The van der Waals surface area contributed by atoms with E-state index in [0.29, 0.717) is 18.4 Å². The van der Waals surface area contributed by atoms with E-state index in [-0.39, 0.29) is 11.8 Å². The molecule has 2 aliphatic rings. The number of anilines is 2. The van der Waals surface area contributed by atoms with Crippen LogP contribution in [0.3, 0.4) is 0 Å². The van der Waals surface area contributed by atoms with E-state index in [1.54, 1.807) is 6.20 Å². The van der Waals surface area contributed by atoms with Gasteiger partial charge in [0.2, 0.25) is 11.9 Å². The average Bonchev–Trinajstić information content (AvgIpc) is 3.24. The Kier molecular flexibility index (Phi) is 5.05. The molecule has 3 heterocycles. The first-order valence-corrected chi connectivity index (χ1v) is 11.8. The maximum Gasteiger partial charge on any atom is 0.223 e. The molecular weight excluding hydrogens is 414 g/mol. The number of aromatic amines is 1. The Hall–Kier alpha value is -3.68. The van der Waals surface area contributed by atoms with Gasteiger partial charge in [-0.2, -0.15) is 5.10 Å². The summed E-state index contributed by atoms with van der Waals surface area (Å²) in [5.41, 5.74) is 4.83. The largest absolute Gasteiger partial charge is 0.352 e. The van der Waals surface area contributed by atoms with E-state index in [9.17, 15) is 4.79 Å². The second kappa shape index (κ2) is 8.35. The molecule has 0 saturated heterocycles. The molecule has 2 aliphatic carbocycles. The quantitative estimate of drug-likeness (QED) is 0.391. The van der Waals surface area contributed by atoms with Gasteiger partial charge in [0.05, 0.1) is 5.69 Å². The van der Waals surface area contributed by atoms with Crippen LogP contribution in [0.15, 0.2) is 48.8 Å². The lowest BCUT2D eigenvalue weighted by Gasteiger charge is -2.12. The van der Waals surface area contributed by atoms with Gasteiger partial charge in [-0.3, -0.25) is 14.3 Å². The van der Waals surface area contributed by atoms with Crippen molar-refractivity contribution in [3.8, 4) is 11.3 Å². The van der Waals surface area contributed by atoms with Gasteiger partial charge in [-0.25, -0.2) is 9.97 Å². The molecule has 2 saturated carbocycles. The summed E-state index contributed by atoms with van der Waals surface area (Å²) >= 11 is 0. The number of rotatable bonds is 7. The fourth-order valence-electron chi connectivity index (χ4n) is 4.64. The number of hydrogen-bond acceptors (Lipinski definition) is 5. The van der Waals surface area contributed by atoms with E-state index < -0.39 is 0 Å². The van der Waals surface area contributed by atoms with Crippen molar-refractivity contribution in [1.82, 2.24) is 29.9 Å². The van der Waals surface area contributed by atoms with Crippen LogP contribution in [0.4, 0.5) is 11.8 Å². The number of amides is 1. The van der Waals surface area contributed by atoms with Crippen LogP contribution in [-0.4, -0.2) is 30.5 Å². The maximum absolute atomic E-state index is 12.4. The molecule has 3 aromatic heterocycles. The first kappa shape index (κ1) is 20.0. The Labute approximate surface area is 191 Å². The standard InChI is InChI=1S/C25H27N7O/c33-24(18-5-1-2-6-18)27-15-16-4-3-7-19(12-16)20-14-23-26-10-11-32(23)25(28-20)29-22-13-21(30-31-22)17-8-9-17/h3-4,7,10-14,17-18H,1-2,5-6,8-9,15H2,(H,27,33)(H2,28,29,30,31). The second-order valence-electron chi connectivity index (χ2n) is 9.13. The highest BCUT2D eigenvalue weighted by atomic mass is 16.1. The Morgan fingerprint density at radius 3 is 2.85 bits per heavy atom. The van der Waals surface area contributed by atoms with Gasteiger partial charge in [0.25, 0.3) is 0 Å². The van der Waals surface area contributed by atoms with Gasteiger partial charge < -0.3 is 10.6 Å². The molecule has 6 rings (SSSR count). The zero-order valence-electron chi connectivity index (χ0n) is 18.4. The first-order chi connectivity index (χ1) is 16.2. The summed E-state index contributed by atoms with van der Waals surface area (Å²) in [5, 5.41) is 14.0. The van der Waals surface area contributed by atoms with Crippen molar-refractivity contribution < 1.29 is 4.79 Å². The summed E-state index contributed by atoms with van der Waals surface area (Å²) < 4.78 is 1.92. The van der Waals surface area contributed by atoms with Crippen molar-refractivity contribution in [2.24, 2.45) is 5.92 Å². The van der Waals surface area contributed by atoms with E-state index in [0.717, 1.165) is 54.0 Å². The van der Waals surface area contributed by atoms with E-state index in [1.165, 1.54) is 18.5 Å². The van der Waals surface area contributed by atoms with Crippen LogP contribution < -0.4 is 10.6 Å². The van der Waals surface area contributed by atoms with Gasteiger partial charge in [-0.05, 0) is 37.3 Å². The van der Waals surface area contributed by atoms with Crippen LogP contribution in [0, 0.1) is 5.92 Å². The minimum Gasteiger partial charge on any atom is -0.352 e. The van der Waals surface area contributed by atoms with E-state index in [2.05, 4.69) is 37.9 Å². The Balaban J connectivity index is 1.24. The molecule has 2 fully saturated rings. The van der Waals surface area contributed by atoms with Crippen LogP contribution in [0.5, 0.6) is 0 Å². The maximum atomic E-state index is 12.4. The number of fused-ring (bicyclic) bond motifs is 1. The number of hydrogen-bond donors (Lipinski definition) is 3. The van der Waals surface area contributed by atoms with Crippen molar-refractivity contribution in [1.29, 1.82) is 0 Å². The van der Waals surface area contributed by atoms with E-state index in [4.69, 9.17) is 4.98 Å².